The first-order valence-electron chi connectivity index (χ1n) is 12.2. The zero-order valence-electron chi connectivity index (χ0n) is 21.6. The van der Waals surface area contributed by atoms with Crippen LogP contribution in [0.3, 0.4) is 0 Å². The largest absolute Gasteiger partial charge is 0.497 e. The first kappa shape index (κ1) is 26.8. The van der Waals surface area contributed by atoms with Crippen molar-refractivity contribution in [3.8, 4) is 11.5 Å². The fourth-order valence-electron chi connectivity index (χ4n) is 4.40. The van der Waals surface area contributed by atoms with E-state index >= 15 is 0 Å². The molecule has 3 aromatic carbocycles. The zero-order chi connectivity index (χ0) is 27.1. The molecule has 1 aliphatic heterocycles. The zero-order valence-corrected chi connectivity index (χ0v) is 21.6. The number of amides is 2. The van der Waals surface area contributed by atoms with Gasteiger partial charge in [-0.15, -0.1) is 0 Å². The molecule has 1 aliphatic rings. The Hall–Kier alpha value is -4.24. The molecule has 0 saturated carbocycles. The molecule has 0 aromatic heterocycles. The summed E-state index contributed by atoms with van der Waals surface area (Å²) < 4.78 is 30.5. The van der Waals surface area contributed by atoms with E-state index in [0.717, 1.165) is 11.1 Å². The summed E-state index contributed by atoms with van der Waals surface area (Å²) >= 11 is 0. The smallest absolute Gasteiger partial charge is 0.262 e. The minimum absolute atomic E-state index is 0.106. The van der Waals surface area contributed by atoms with Gasteiger partial charge in [0.05, 0.1) is 38.1 Å². The molecule has 8 nitrogen and oxygen atoms in total. The minimum Gasteiger partial charge on any atom is -0.497 e. The van der Waals surface area contributed by atoms with E-state index in [0.29, 0.717) is 23.6 Å². The van der Waals surface area contributed by atoms with Crippen LogP contribution in [-0.4, -0.2) is 68.5 Å². The maximum atomic E-state index is 14.4. The summed E-state index contributed by atoms with van der Waals surface area (Å²) in [6, 6.07) is 20.1. The van der Waals surface area contributed by atoms with Crippen LogP contribution in [0.5, 0.6) is 11.5 Å². The van der Waals surface area contributed by atoms with Gasteiger partial charge in [-0.1, -0.05) is 42.5 Å². The molecule has 0 bridgehead atoms. The second kappa shape index (κ2) is 12.3. The lowest BCUT2D eigenvalue weighted by Gasteiger charge is -2.27. The van der Waals surface area contributed by atoms with Crippen molar-refractivity contribution < 1.29 is 28.2 Å². The average Bonchev–Trinajstić information content (AvgIpc) is 3.40. The Bertz CT molecular complexity index is 1330. The number of benzene rings is 3. The summed E-state index contributed by atoms with van der Waals surface area (Å²) in [5.74, 6) is -0.377. The normalized spacial score (nSPS) is 14.7. The van der Waals surface area contributed by atoms with E-state index in [1.54, 1.807) is 20.3 Å². The van der Waals surface area contributed by atoms with Crippen molar-refractivity contribution >= 4 is 17.5 Å². The topological polar surface area (TPSA) is 80.7 Å². The van der Waals surface area contributed by atoms with Crippen molar-refractivity contribution in [3.05, 3.63) is 95.3 Å². The van der Waals surface area contributed by atoms with E-state index in [2.05, 4.69) is 0 Å². The van der Waals surface area contributed by atoms with E-state index in [4.69, 9.17) is 19.3 Å². The number of halogens is 1. The van der Waals surface area contributed by atoms with Gasteiger partial charge in [-0.3, -0.25) is 9.59 Å². The molecule has 1 heterocycles. The van der Waals surface area contributed by atoms with Crippen molar-refractivity contribution in [1.82, 2.24) is 9.91 Å². The highest BCUT2D eigenvalue weighted by molar-refractivity contribution is 6.04. The molecule has 0 saturated heterocycles. The maximum absolute atomic E-state index is 14.4. The van der Waals surface area contributed by atoms with Crippen LogP contribution in [0, 0.1) is 5.82 Å². The molecule has 0 N–H and O–H groups in total. The number of hydrogen-bond acceptors (Lipinski definition) is 6. The van der Waals surface area contributed by atoms with Crippen molar-refractivity contribution in [1.29, 1.82) is 0 Å². The molecule has 2 amide bonds. The van der Waals surface area contributed by atoms with Gasteiger partial charge in [0.15, 0.2) is 0 Å². The van der Waals surface area contributed by atoms with Crippen LogP contribution in [0.1, 0.15) is 33.9 Å². The van der Waals surface area contributed by atoms with Gasteiger partial charge in [-0.25, -0.2) is 9.40 Å². The summed E-state index contributed by atoms with van der Waals surface area (Å²) in [4.78, 5) is 28.2. The highest BCUT2D eigenvalue weighted by Gasteiger charge is 2.36. The Kier molecular flexibility index (Phi) is 8.70. The van der Waals surface area contributed by atoms with E-state index in [1.807, 2.05) is 48.5 Å². The second-order valence-electron chi connectivity index (χ2n) is 8.68. The van der Waals surface area contributed by atoms with Crippen molar-refractivity contribution in [2.75, 3.05) is 41.0 Å². The third-order valence-electron chi connectivity index (χ3n) is 6.35. The first-order chi connectivity index (χ1) is 18.5. The number of nitrogens with zero attached hydrogens (tertiary/aromatic N) is 3. The van der Waals surface area contributed by atoms with Crippen molar-refractivity contribution in [3.63, 3.8) is 0 Å². The molecule has 38 heavy (non-hydrogen) atoms. The second-order valence-corrected chi connectivity index (χ2v) is 8.68. The predicted octanol–water partition coefficient (Wildman–Crippen LogP) is 4.31. The summed E-state index contributed by atoms with van der Waals surface area (Å²) in [5, 5.41) is 6.09. The minimum atomic E-state index is -0.654. The van der Waals surface area contributed by atoms with Crippen LogP contribution in [0.4, 0.5) is 4.39 Å². The van der Waals surface area contributed by atoms with Crippen molar-refractivity contribution in [2.45, 2.75) is 12.5 Å². The Labute approximate surface area is 221 Å². The lowest BCUT2D eigenvalue weighted by molar-refractivity contribution is -0.133. The maximum Gasteiger partial charge on any atom is 0.262 e. The third kappa shape index (κ3) is 5.84. The van der Waals surface area contributed by atoms with Gasteiger partial charge in [0.1, 0.15) is 23.9 Å². The molecule has 0 spiro atoms. The van der Waals surface area contributed by atoms with E-state index < -0.39 is 23.7 Å². The molecule has 0 radical (unpaired) electrons. The summed E-state index contributed by atoms with van der Waals surface area (Å²) in [7, 11) is 4.66. The van der Waals surface area contributed by atoms with Gasteiger partial charge in [0, 0.05) is 31.2 Å². The van der Waals surface area contributed by atoms with Gasteiger partial charge >= 0.3 is 0 Å². The summed E-state index contributed by atoms with van der Waals surface area (Å²) in [6.45, 7) is -0.0200. The SMILES string of the molecule is COCCN(CC(=O)N1N=C(c2cccc(OC)c2)C[C@H]1c1ccccc1OC)C(=O)c1ccccc1F. The number of hydrogen-bond donors (Lipinski definition) is 0. The lowest BCUT2D eigenvalue weighted by Crippen LogP contribution is -2.43. The molecule has 0 aliphatic carbocycles. The molecule has 198 valence electrons. The van der Waals surface area contributed by atoms with Crippen LogP contribution < -0.4 is 9.47 Å². The number of ether oxygens (including phenoxy) is 3. The Balaban J connectivity index is 1.68. The van der Waals surface area contributed by atoms with Crippen LogP contribution in [0.2, 0.25) is 0 Å². The monoisotopic (exact) mass is 519 g/mol. The van der Waals surface area contributed by atoms with Crippen LogP contribution in [0.15, 0.2) is 77.9 Å². The Morgan fingerprint density at radius 2 is 1.76 bits per heavy atom. The molecular formula is C29H30FN3O5. The molecule has 3 aromatic rings. The Morgan fingerprint density at radius 1 is 1.00 bits per heavy atom. The number of rotatable bonds is 10. The van der Waals surface area contributed by atoms with Gasteiger partial charge in [0.25, 0.3) is 11.8 Å². The fraction of sp³-hybridized carbons (Fsp3) is 0.276. The molecule has 0 fully saturated rings. The van der Waals surface area contributed by atoms with Crippen LogP contribution in [-0.2, 0) is 9.53 Å². The molecule has 1 atom stereocenters. The standard InChI is InChI=1S/C29H30FN3O5/c1-36-16-15-32(29(35)22-11-4-6-13-24(22)30)19-28(34)33-26(23-12-5-7-14-27(23)38-3)18-25(31-33)20-9-8-10-21(17-20)37-2/h4-14,17,26H,15-16,18-19H2,1-3H3/t26-/m0/s1. The average molecular weight is 520 g/mol. The van der Waals surface area contributed by atoms with Gasteiger partial charge in [0.2, 0.25) is 0 Å². The highest BCUT2D eigenvalue weighted by atomic mass is 19.1. The predicted molar refractivity (Wildman–Crippen MR) is 141 cm³/mol. The van der Waals surface area contributed by atoms with E-state index in [-0.39, 0.29) is 25.3 Å². The number of hydrazone groups is 1. The number of methoxy groups -OCH3 is 3. The number of carbonyl (C=O) groups is 2. The molecular weight excluding hydrogens is 489 g/mol. The van der Waals surface area contributed by atoms with Crippen molar-refractivity contribution in [2.24, 2.45) is 5.10 Å². The Morgan fingerprint density at radius 3 is 2.50 bits per heavy atom. The van der Waals surface area contributed by atoms with Gasteiger partial charge in [-0.2, -0.15) is 5.10 Å². The van der Waals surface area contributed by atoms with Crippen LogP contribution >= 0.6 is 0 Å². The highest BCUT2D eigenvalue weighted by Crippen LogP contribution is 2.37. The van der Waals surface area contributed by atoms with Gasteiger partial charge in [-0.05, 0) is 30.3 Å². The fourth-order valence-corrected chi connectivity index (χ4v) is 4.40. The lowest BCUT2D eigenvalue weighted by atomic mass is 9.97. The molecule has 9 heteroatoms. The van der Waals surface area contributed by atoms with Gasteiger partial charge < -0.3 is 19.1 Å². The summed E-state index contributed by atoms with van der Waals surface area (Å²) in [5.41, 5.74) is 2.18. The van der Waals surface area contributed by atoms with Crippen LogP contribution in [0.25, 0.3) is 0 Å². The quantitative estimate of drug-likeness (QED) is 0.399. The van der Waals surface area contributed by atoms with E-state index in [9.17, 15) is 14.0 Å². The number of carbonyl (C=O) groups excluding carboxylic acids is 2. The first-order valence-corrected chi connectivity index (χ1v) is 12.2. The van der Waals surface area contributed by atoms with E-state index in [1.165, 1.54) is 35.2 Å². The number of para-hydroxylation sites is 1. The summed E-state index contributed by atoms with van der Waals surface area (Å²) in [6.07, 6.45) is 0.429. The molecule has 0 unspecified atom stereocenters. The molecule has 4 rings (SSSR count). The third-order valence-corrected chi connectivity index (χ3v) is 6.35.